The lowest BCUT2D eigenvalue weighted by Gasteiger charge is -2.10. The Morgan fingerprint density at radius 3 is 2.46 bits per heavy atom. The van der Waals surface area contributed by atoms with Crippen LogP contribution in [0.15, 0.2) is 36.4 Å². The third-order valence-electron chi connectivity index (χ3n) is 3.43. The summed E-state index contributed by atoms with van der Waals surface area (Å²) >= 11 is 6.03. The molecule has 3 aromatic rings. The first-order valence-electron chi connectivity index (χ1n) is 7.06. The summed E-state index contributed by atoms with van der Waals surface area (Å²) in [6, 6.07) is 9.78. The quantitative estimate of drug-likeness (QED) is 0.632. The summed E-state index contributed by atoms with van der Waals surface area (Å²) in [5, 5.41) is 5.54. The van der Waals surface area contributed by atoms with Gasteiger partial charge in [0.1, 0.15) is 5.52 Å². The predicted octanol–water partition coefficient (Wildman–Crippen LogP) is 4.33. The van der Waals surface area contributed by atoms with Crippen molar-refractivity contribution in [3.63, 3.8) is 0 Å². The van der Waals surface area contributed by atoms with Gasteiger partial charge in [-0.25, -0.2) is 12.8 Å². The Balaban J connectivity index is 2.11. The second-order valence-electron chi connectivity index (χ2n) is 5.39. The number of hydrogen-bond acceptors (Lipinski definition) is 3. The molecule has 0 bridgehead atoms. The van der Waals surface area contributed by atoms with Gasteiger partial charge in [-0.1, -0.05) is 41.9 Å². The van der Waals surface area contributed by atoms with E-state index < -0.39 is 33.6 Å². The molecule has 11 heteroatoms. The molecule has 138 valence electrons. The number of nitrogens with zero attached hydrogens (tertiary/aromatic N) is 1. The molecule has 0 amide bonds. The molecular weight excluding hydrogens is 398 g/mol. The van der Waals surface area contributed by atoms with E-state index in [9.17, 15) is 26.0 Å². The van der Waals surface area contributed by atoms with Crippen LogP contribution in [0.3, 0.4) is 0 Å². The third-order valence-corrected chi connectivity index (χ3v) is 5.01. The minimum absolute atomic E-state index is 0.0449. The molecule has 1 aromatic heterocycles. The zero-order valence-electron chi connectivity index (χ0n) is 12.7. The second kappa shape index (κ2) is 6.44. The lowest BCUT2D eigenvalue weighted by atomic mass is 10.0. The molecule has 0 radical (unpaired) electrons. The largest absolute Gasteiger partial charge is 0.404 e. The Morgan fingerprint density at radius 2 is 1.85 bits per heavy atom. The monoisotopic (exact) mass is 407 g/mol. The summed E-state index contributed by atoms with van der Waals surface area (Å²) in [7, 11) is -4.77. The fourth-order valence-corrected chi connectivity index (χ4v) is 3.61. The van der Waals surface area contributed by atoms with Gasteiger partial charge in [0.15, 0.2) is 17.4 Å². The first-order chi connectivity index (χ1) is 12.1. The van der Waals surface area contributed by atoms with Crippen molar-refractivity contribution in [1.82, 2.24) is 10.2 Å². The number of aromatic amines is 1. The molecule has 3 rings (SSSR count). The molecule has 0 saturated carbocycles. The second-order valence-corrected chi connectivity index (χ2v) is 7.49. The molecule has 1 heterocycles. The van der Waals surface area contributed by atoms with Gasteiger partial charge in [0.05, 0.1) is 5.02 Å². The van der Waals surface area contributed by atoms with Gasteiger partial charge >= 0.3 is 6.18 Å². The van der Waals surface area contributed by atoms with Crippen molar-refractivity contribution < 1.29 is 26.0 Å². The van der Waals surface area contributed by atoms with E-state index >= 15 is 0 Å². The lowest BCUT2D eigenvalue weighted by Crippen LogP contribution is -2.28. The van der Waals surface area contributed by atoms with E-state index in [1.165, 1.54) is 6.07 Å². The maximum Gasteiger partial charge on any atom is 0.404 e. The van der Waals surface area contributed by atoms with Crippen LogP contribution in [0.4, 0.5) is 23.4 Å². The van der Waals surface area contributed by atoms with Crippen LogP contribution in [0.5, 0.6) is 0 Å². The van der Waals surface area contributed by atoms with Crippen molar-refractivity contribution in [1.29, 1.82) is 0 Å². The topological polar surface area (TPSA) is 74.8 Å². The Morgan fingerprint density at radius 1 is 1.19 bits per heavy atom. The van der Waals surface area contributed by atoms with Crippen LogP contribution in [0.25, 0.3) is 22.0 Å². The number of nitrogens with one attached hydrogen (secondary N) is 2. The molecule has 0 aliphatic rings. The van der Waals surface area contributed by atoms with Crippen LogP contribution < -0.4 is 4.72 Å². The van der Waals surface area contributed by atoms with E-state index in [0.29, 0.717) is 5.56 Å². The number of alkyl halides is 3. The van der Waals surface area contributed by atoms with Crippen molar-refractivity contribution in [2.24, 2.45) is 0 Å². The Labute approximate surface area is 150 Å². The zero-order valence-corrected chi connectivity index (χ0v) is 14.3. The van der Waals surface area contributed by atoms with Gasteiger partial charge in [-0.05, 0) is 11.6 Å². The fourth-order valence-electron chi connectivity index (χ4n) is 2.40. The van der Waals surface area contributed by atoms with E-state index in [1.54, 1.807) is 35.1 Å². The Hall–Kier alpha value is -2.33. The summed E-state index contributed by atoms with van der Waals surface area (Å²) in [5.74, 6) is -3.43. The smallest absolute Gasteiger partial charge is 0.273 e. The minimum Gasteiger partial charge on any atom is -0.273 e. The molecule has 0 spiro atoms. The van der Waals surface area contributed by atoms with E-state index in [0.717, 1.165) is 0 Å². The number of H-pyrrole nitrogens is 1. The average molecular weight is 408 g/mol. The molecule has 26 heavy (non-hydrogen) atoms. The van der Waals surface area contributed by atoms with Gasteiger partial charge in [-0.2, -0.15) is 18.3 Å². The molecule has 0 atom stereocenters. The van der Waals surface area contributed by atoms with Crippen molar-refractivity contribution in [2.45, 2.75) is 6.18 Å². The number of halogens is 5. The maximum absolute atomic E-state index is 14.5. The fraction of sp³-hybridized carbons (Fsp3) is 0.133. The highest BCUT2D eigenvalue weighted by Gasteiger charge is 2.35. The van der Waals surface area contributed by atoms with Gasteiger partial charge in [-0.3, -0.25) is 9.82 Å². The summed E-state index contributed by atoms with van der Waals surface area (Å²) < 4.78 is 76.7. The van der Waals surface area contributed by atoms with Gasteiger partial charge < -0.3 is 0 Å². The van der Waals surface area contributed by atoms with Crippen LogP contribution in [0, 0.1) is 5.82 Å². The average Bonchev–Trinajstić information content (AvgIpc) is 2.91. The van der Waals surface area contributed by atoms with Crippen molar-refractivity contribution in [2.75, 3.05) is 10.5 Å². The molecule has 0 aliphatic heterocycles. The van der Waals surface area contributed by atoms with Crippen LogP contribution in [-0.4, -0.2) is 30.5 Å². The summed E-state index contributed by atoms with van der Waals surface area (Å²) in [4.78, 5) is 0. The number of fused-ring (bicyclic) bond motifs is 1. The first-order valence-corrected chi connectivity index (χ1v) is 9.09. The van der Waals surface area contributed by atoms with Crippen molar-refractivity contribution in [3.05, 3.63) is 47.2 Å². The number of hydrogen-bond donors (Lipinski definition) is 2. The minimum atomic E-state index is -4.93. The summed E-state index contributed by atoms with van der Waals surface area (Å²) in [6.07, 6.45) is -4.93. The van der Waals surface area contributed by atoms with Gasteiger partial charge in [0.25, 0.3) is 0 Å². The first kappa shape index (κ1) is 18.5. The van der Waals surface area contributed by atoms with Crippen molar-refractivity contribution >= 4 is 38.3 Å². The van der Waals surface area contributed by atoms with Crippen molar-refractivity contribution in [3.8, 4) is 11.1 Å². The number of sulfonamides is 1. The van der Waals surface area contributed by atoms with Crippen LogP contribution in [0.2, 0.25) is 5.02 Å². The Bertz CT molecular complexity index is 1070. The molecule has 2 aromatic carbocycles. The molecule has 0 fully saturated rings. The number of benzene rings is 2. The summed E-state index contributed by atoms with van der Waals surface area (Å²) in [6.45, 7) is 0. The number of aromatic nitrogens is 2. The van der Waals surface area contributed by atoms with E-state index in [4.69, 9.17) is 11.6 Å². The molecule has 5 nitrogen and oxygen atoms in total. The number of anilines is 1. The molecule has 0 unspecified atom stereocenters. The van der Waals surface area contributed by atoms with Crippen LogP contribution in [-0.2, 0) is 10.0 Å². The van der Waals surface area contributed by atoms with Gasteiger partial charge in [0.2, 0.25) is 10.0 Å². The number of rotatable bonds is 4. The highest BCUT2D eigenvalue weighted by atomic mass is 35.5. The predicted molar refractivity (Wildman–Crippen MR) is 90.0 cm³/mol. The van der Waals surface area contributed by atoms with E-state index in [2.05, 4.69) is 10.2 Å². The standard InChI is InChI=1S/C15H10ClF4N3O2S/c16-11-9(8-4-2-1-3-5-8)6-10-13(12(11)17)21-22-14(10)23-26(24,25)7-15(18,19)20/h1-6H,7H2,(H2,21,22,23). The summed E-state index contributed by atoms with van der Waals surface area (Å²) in [5.41, 5.74) is 0.568. The third kappa shape index (κ3) is 3.75. The van der Waals surface area contributed by atoms with E-state index in [-0.39, 0.29) is 21.5 Å². The normalized spacial score (nSPS) is 12.5. The van der Waals surface area contributed by atoms with Crippen LogP contribution in [0.1, 0.15) is 0 Å². The van der Waals surface area contributed by atoms with E-state index in [1.807, 2.05) is 0 Å². The highest BCUT2D eigenvalue weighted by Crippen LogP contribution is 2.37. The van der Waals surface area contributed by atoms with Gasteiger partial charge in [0, 0.05) is 10.9 Å². The SMILES string of the molecule is O=S(=O)(CC(F)(F)F)Nc1n[nH]c2c(F)c(Cl)c(-c3ccccc3)cc12. The highest BCUT2D eigenvalue weighted by molar-refractivity contribution is 7.92. The lowest BCUT2D eigenvalue weighted by molar-refractivity contribution is -0.106. The maximum atomic E-state index is 14.5. The molecule has 2 N–H and O–H groups in total. The molecular formula is C15H10ClF4N3O2S. The zero-order chi connectivity index (χ0) is 19.1. The van der Waals surface area contributed by atoms with Gasteiger partial charge in [-0.15, -0.1) is 0 Å². The molecule has 0 saturated heterocycles. The molecule has 0 aliphatic carbocycles. The Kier molecular flexibility index (Phi) is 4.57. The van der Waals surface area contributed by atoms with Crippen LogP contribution >= 0.6 is 11.6 Å².